The summed E-state index contributed by atoms with van der Waals surface area (Å²) in [4.78, 5) is 16.4. The van der Waals surface area contributed by atoms with Gasteiger partial charge in [0.05, 0.1) is 0 Å². The first-order valence-corrected chi connectivity index (χ1v) is 10.2. The molecule has 132 valence electrons. The molecule has 1 amide bonds. The fourth-order valence-electron chi connectivity index (χ4n) is 3.44. The minimum atomic E-state index is 0.103. The van der Waals surface area contributed by atoms with Crippen molar-refractivity contribution in [1.82, 2.24) is 9.80 Å². The summed E-state index contributed by atoms with van der Waals surface area (Å²) in [5, 5.41) is 0. The number of carbonyl (C=O) groups excluding carboxylic acids is 1. The molecule has 2 fully saturated rings. The van der Waals surface area contributed by atoms with E-state index in [2.05, 4.69) is 35.8 Å². The van der Waals surface area contributed by atoms with E-state index in [1.165, 1.54) is 29.9 Å². The molecule has 0 unspecified atom stereocenters. The van der Waals surface area contributed by atoms with Crippen LogP contribution in [0.1, 0.15) is 31.2 Å². The highest BCUT2D eigenvalue weighted by atomic mass is 32.2. The van der Waals surface area contributed by atoms with E-state index >= 15 is 0 Å². The quantitative estimate of drug-likeness (QED) is 0.791. The Kier molecular flexibility index (Phi) is 6.44. The molecule has 0 saturated carbocycles. The molecule has 2 aliphatic rings. The van der Waals surface area contributed by atoms with Crippen LogP contribution in [0.4, 0.5) is 0 Å². The third-order valence-corrected chi connectivity index (χ3v) is 6.04. The van der Waals surface area contributed by atoms with Crippen LogP contribution < -0.4 is 4.74 Å². The molecule has 0 bridgehead atoms. The van der Waals surface area contributed by atoms with Crippen molar-refractivity contribution in [3.8, 4) is 5.75 Å². The molecule has 2 aliphatic heterocycles. The van der Waals surface area contributed by atoms with Crippen LogP contribution in [0.15, 0.2) is 24.3 Å². The number of carbonyl (C=O) groups is 1. The van der Waals surface area contributed by atoms with Crippen molar-refractivity contribution < 1.29 is 9.53 Å². The summed E-state index contributed by atoms with van der Waals surface area (Å²) in [7, 11) is 2.22. The molecule has 0 radical (unpaired) electrons. The Labute approximate surface area is 149 Å². The van der Waals surface area contributed by atoms with Crippen LogP contribution in [-0.2, 0) is 11.3 Å². The number of likely N-dealkylation sites (tertiary alicyclic amines) is 1. The normalized spacial score (nSPS) is 19.0. The standard InChI is InChI=1S/C19H28N2O2S/c1-20(17-8-12-24-13-9-17)14-16-4-6-18(7-5-16)23-15-19(22)21-10-2-3-11-21/h4-7,17H,2-3,8-15H2,1H3. The van der Waals surface area contributed by atoms with Gasteiger partial charge in [0.25, 0.3) is 5.91 Å². The molecule has 2 saturated heterocycles. The van der Waals surface area contributed by atoms with E-state index < -0.39 is 0 Å². The van der Waals surface area contributed by atoms with Gasteiger partial charge in [0.15, 0.2) is 6.61 Å². The molecule has 0 spiro atoms. The Bertz CT molecular complexity index is 523. The Hall–Kier alpha value is -1.20. The maximum Gasteiger partial charge on any atom is 0.260 e. The SMILES string of the molecule is CN(Cc1ccc(OCC(=O)N2CCCC2)cc1)C1CCSCC1. The number of nitrogens with zero attached hydrogens (tertiary/aromatic N) is 2. The van der Waals surface area contributed by atoms with E-state index in [9.17, 15) is 4.79 Å². The zero-order chi connectivity index (χ0) is 16.8. The lowest BCUT2D eigenvalue weighted by Crippen LogP contribution is -2.34. The van der Waals surface area contributed by atoms with Crippen molar-refractivity contribution in [3.05, 3.63) is 29.8 Å². The number of benzene rings is 1. The van der Waals surface area contributed by atoms with Crippen molar-refractivity contribution in [1.29, 1.82) is 0 Å². The van der Waals surface area contributed by atoms with Gasteiger partial charge in [-0.25, -0.2) is 0 Å². The molecule has 0 aromatic heterocycles. The molecule has 5 heteroatoms. The van der Waals surface area contributed by atoms with Crippen molar-refractivity contribution >= 4 is 17.7 Å². The minimum absolute atomic E-state index is 0.103. The number of rotatable bonds is 6. The molecule has 3 rings (SSSR count). The van der Waals surface area contributed by atoms with Crippen molar-refractivity contribution in [3.63, 3.8) is 0 Å². The van der Waals surface area contributed by atoms with Crippen molar-refractivity contribution in [2.45, 2.75) is 38.3 Å². The maximum absolute atomic E-state index is 12.0. The van der Waals surface area contributed by atoms with Crippen molar-refractivity contribution in [2.75, 3.05) is 38.2 Å². The molecule has 24 heavy (non-hydrogen) atoms. The number of ether oxygens (including phenoxy) is 1. The summed E-state index contributed by atoms with van der Waals surface area (Å²) in [5.41, 5.74) is 1.30. The Morgan fingerprint density at radius 3 is 2.54 bits per heavy atom. The fourth-order valence-corrected chi connectivity index (χ4v) is 4.52. The number of hydrogen-bond donors (Lipinski definition) is 0. The molecule has 0 aliphatic carbocycles. The maximum atomic E-state index is 12.0. The van der Waals surface area contributed by atoms with Gasteiger partial charge in [0, 0.05) is 25.7 Å². The predicted octanol–water partition coefficient (Wildman–Crippen LogP) is 3.02. The number of hydrogen-bond acceptors (Lipinski definition) is 4. The average molecular weight is 349 g/mol. The predicted molar refractivity (Wildman–Crippen MR) is 99.6 cm³/mol. The second-order valence-corrected chi connectivity index (χ2v) is 8.00. The second-order valence-electron chi connectivity index (χ2n) is 6.78. The van der Waals surface area contributed by atoms with E-state index in [-0.39, 0.29) is 12.5 Å². The third kappa shape index (κ3) is 4.90. The van der Waals surface area contributed by atoms with Crippen LogP contribution in [0.5, 0.6) is 5.75 Å². The fraction of sp³-hybridized carbons (Fsp3) is 0.632. The van der Waals surface area contributed by atoms with Gasteiger partial charge < -0.3 is 9.64 Å². The second kappa shape index (κ2) is 8.77. The van der Waals surface area contributed by atoms with Crippen LogP contribution in [0.2, 0.25) is 0 Å². The monoisotopic (exact) mass is 348 g/mol. The zero-order valence-corrected chi connectivity index (χ0v) is 15.4. The topological polar surface area (TPSA) is 32.8 Å². The number of amides is 1. The van der Waals surface area contributed by atoms with E-state index in [1.54, 1.807) is 0 Å². The molecular weight excluding hydrogens is 320 g/mol. The van der Waals surface area contributed by atoms with E-state index in [0.717, 1.165) is 38.2 Å². The Morgan fingerprint density at radius 2 is 1.88 bits per heavy atom. The van der Waals surface area contributed by atoms with Crippen LogP contribution in [0.3, 0.4) is 0 Å². The molecule has 0 N–H and O–H groups in total. The molecular formula is C19H28N2O2S. The lowest BCUT2D eigenvalue weighted by Gasteiger charge is -2.31. The van der Waals surface area contributed by atoms with Gasteiger partial charge in [-0.2, -0.15) is 11.8 Å². The lowest BCUT2D eigenvalue weighted by atomic mass is 10.1. The van der Waals surface area contributed by atoms with Gasteiger partial charge in [-0.15, -0.1) is 0 Å². The summed E-state index contributed by atoms with van der Waals surface area (Å²) >= 11 is 2.07. The molecule has 4 nitrogen and oxygen atoms in total. The van der Waals surface area contributed by atoms with Gasteiger partial charge in [0.2, 0.25) is 0 Å². The summed E-state index contributed by atoms with van der Waals surface area (Å²) in [6, 6.07) is 8.90. The largest absolute Gasteiger partial charge is 0.484 e. The lowest BCUT2D eigenvalue weighted by molar-refractivity contribution is -0.132. The summed E-state index contributed by atoms with van der Waals surface area (Å²) in [6.45, 7) is 2.89. The third-order valence-electron chi connectivity index (χ3n) is 4.99. The number of thioether (sulfide) groups is 1. The average Bonchev–Trinajstić information content (AvgIpc) is 3.16. The zero-order valence-electron chi connectivity index (χ0n) is 14.6. The Balaban J connectivity index is 1.45. The van der Waals surface area contributed by atoms with Gasteiger partial charge >= 0.3 is 0 Å². The van der Waals surface area contributed by atoms with Crippen LogP contribution in [0.25, 0.3) is 0 Å². The van der Waals surface area contributed by atoms with E-state index in [4.69, 9.17) is 4.74 Å². The highest BCUT2D eigenvalue weighted by molar-refractivity contribution is 7.99. The van der Waals surface area contributed by atoms with Gasteiger partial charge in [0.1, 0.15) is 5.75 Å². The first kappa shape index (κ1) is 17.6. The molecule has 1 aromatic rings. The van der Waals surface area contributed by atoms with Gasteiger partial charge in [-0.3, -0.25) is 9.69 Å². The molecule has 0 atom stereocenters. The smallest absolute Gasteiger partial charge is 0.260 e. The Morgan fingerprint density at radius 1 is 1.21 bits per heavy atom. The summed E-state index contributed by atoms with van der Waals surface area (Å²) in [5.74, 6) is 3.45. The highest BCUT2D eigenvalue weighted by Crippen LogP contribution is 2.22. The first-order chi connectivity index (χ1) is 11.7. The first-order valence-electron chi connectivity index (χ1n) is 9.00. The summed E-state index contributed by atoms with van der Waals surface area (Å²) in [6.07, 6.45) is 4.82. The van der Waals surface area contributed by atoms with Crippen LogP contribution in [-0.4, -0.2) is 60.0 Å². The molecule has 2 heterocycles. The van der Waals surface area contributed by atoms with E-state index in [1.807, 2.05) is 17.0 Å². The van der Waals surface area contributed by atoms with Gasteiger partial charge in [-0.05, 0) is 61.9 Å². The van der Waals surface area contributed by atoms with Crippen LogP contribution in [0, 0.1) is 0 Å². The summed E-state index contributed by atoms with van der Waals surface area (Å²) < 4.78 is 5.65. The minimum Gasteiger partial charge on any atom is -0.484 e. The highest BCUT2D eigenvalue weighted by Gasteiger charge is 2.19. The molecule has 1 aromatic carbocycles. The van der Waals surface area contributed by atoms with Gasteiger partial charge in [-0.1, -0.05) is 12.1 Å². The van der Waals surface area contributed by atoms with Crippen molar-refractivity contribution in [2.24, 2.45) is 0 Å². The van der Waals surface area contributed by atoms with Crippen LogP contribution >= 0.6 is 11.8 Å². The van der Waals surface area contributed by atoms with E-state index in [0.29, 0.717) is 6.04 Å².